The summed E-state index contributed by atoms with van der Waals surface area (Å²) < 4.78 is 5.94. The Morgan fingerprint density at radius 1 is 1.25 bits per heavy atom. The molecule has 5 nitrogen and oxygen atoms in total. The molecule has 2 N–H and O–H groups in total. The van der Waals surface area contributed by atoms with Gasteiger partial charge in [-0.2, -0.15) is 0 Å². The van der Waals surface area contributed by atoms with Gasteiger partial charge in [0.1, 0.15) is 11.9 Å². The van der Waals surface area contributed by atoms with Crippen molar-refractivity contribution in [2.24, 2.45) is 4.99 Å². The van der Waals surface area contributed by atoms with Crippen molar-refractivity contribution in [3.63, 3.8) is 0 Å². The fraction of sp³-hybridized carbons (Fsp3) is 0.611. The zero-order chi connectivity index (χ0) is 16.5. The second kappa shape index (κ2) is 11.5. The van der Waals surface area contributed by atoms with Crippen LogP contribution in [0.5, 0.6) is 5.75 Å². The highest BCUT2D eigenvalue weighted by molar-refractivity contribution is 14.0. The monoisotopic (exact) mass is 446 g/mol. The summed E-state index contributed by atoms with van der Waals surface area (Å²) in [5.74, 6) is 1.86. The van der Waals surface area contributed by atoms with E-state index in [1.165, 1.54) is 12.0 Å². The molecule has 0 amide bonds. The van der Waals surface area contributed by atoms with Crippen molar-refractivity contribution < 1.29 is 4.74 Å². The minimum atomic E-state index is 0. The number of likely N-dealkylation sites (N-methyl/N-ethyl adjacent to an activating group) is 1. The third kappa shape index (κ3) is 6.47. The van der Waals surface area contributed by atoms with Gasteiger partial charge in [0.05, 0.1) is 6.54 Å². The van der Waals surface area contributed by atoms with Crippen LogP contribution in [0.3, 0.4) is 0 Å². The first-order valence-electron chi connectivity index (χ1n) is 8.68. The molecule has 136 valence electrons. The minimum Gasteiger partial charge on any atom is -0.488 e. The first kappa shape index (κ1) is 21.0. The Kier molecular flexibility index (Phi) is 10.1. The first-order valence-corrected chi connectivity index (χ1v) is 8.68. The Balaban J connectivity index is 0.00000288. The molecule has 24 heavy (non-hydrogen) atoms. The van der Waals surface area contributed by atoms with Crippen molar-refractivity contribution in [3.05, 3.63) is 29.8 Å². The lowest BCUT2D eigenvalue weighted by atomic mass is 10.1. The average Bonchev–Trinajstić information content (AvgIpc) is 2.99. The van der Waals surface area contributed by atoms with Gasteiger partial charge in [0.15, 0.2) is 5.96 Å². The standard InChI is InChI=1S/C18H30N4O.HI/c1-4-11-22(5-2)12-10-20-18(19-3)21-14-16-13-15-8-6-7-9-17(15)23-16;/h6-9,16H,4-5,10-14H2,1-3H3,(H2,19,20,21);1H. The van der Waals surface area contributed by atoms with Gasteiger partial charge in [-0.25, -0.2) is 0 Å². The van der Waals surface area contributed by atoms with Crippen molar-refractivity contribution in [2.45, 2.75) is 32.8 Å². The van der Waals surface area contributed by atoms with Crippen LogP contribution in [0.1, 0.15) is 25.8 Å². The summed E-state index contributed by atoms with van der Waals surface area (Å²) in [7, 11) is 1.81. The second-order valence-corrected chi connectivity index (χ2v) is 5.87. The summed E-state index contributed by atoms with van der Waals surface area (Å²) >= 11 is 0. The normalized spacial score (nSPS) is 16.3. The third-order valence-electron chi connectivity index (χ3n) is 4.14. The van der Waals surface area contributed by atoms with Crippen LogP contribution < -0.4 is 15.4 Å². The lowest BCUT2D eigenvalue weighted by Gasteiger charge is -2.21. The first-order chi connectivity index (χ1) is 11.3. The molecule has 0 bridgehead atoms. The summed E-state index contributed by atoms with van der Waals surface area (Å²) in [6.45, 7) is 9.37. The largest absolute Gasteiger partial charge is 0.488 e. The molecule has 1 unspecified atom stereocenters. The average molecular weight is 446 g/mol. The van der Waals surface area contributed by atoms with Gasteiger partial charge in [0, 0.05) is 26.6 Å². The van der Waals surface area contributed by atoms with Gasteiger partial charge in [0.25, 0.3) is 0 Å². The minimum absolute atomic E-state index is 0. The maximum Gasteiger partial charge on any atom is 0.191 e. The number of ether oxygens (including phenoxy) is 1. The van der Waals surface area contributed by atoms with Crippen LogP contribution in [0.2, 0.25) is 0 Å². The SMILES string of the molecule is CCCN(CC)CCNC(=NC)NCC1Cc2ccccc2O1.I. The molecule has 0 radical (unpaired) electrons. The number of aliphatic imine (C=N–C) groups is 1. The van der Waals surface area contributed by atoms with Crippen molar-refractivity contribution >= 4 is 29.9 Å². The van der Waals surface area contributed by atoms with Gasteiger partial charge in [-0.3, -0.25) is 4.99 Å². The Labute approximate surface area is 163 Å². The number of nitrogens with zero attached hydrogens (tertiary/aromatic N) is 2. The Morgan fingerprint density at radius 2 is 2.04 bits per heavy atom. The van der Waals surface area contributed by atoms with Gasteiger partial charge in [-0.05, 0) is 31.1 Å². The molecule has 1 atom stereocenters. The quantitative estimate of drug-likeness (QED) is 0.366. The van der Waals surface area contributed by atoms with Gasteiger partial charge in [-0.1, -0.05) is 32.0 Å². The summed E-state index contributed by atoms with van der Waals surface area (Å²) in [5.41, 5.74) is 1.29. The summed E-state index contributed by atoms with van der Waals surface area (Å²) in [6.07, 6.45) is 2.33. The summed E-state index contributed by atoms with van der Waals surface area (Å²) in [4.78, 5) is 6.73. The molecule has 0 fully saturated rings. The number of halogens is 1. The third-order valence-corrected chi connectivity index (χ3v) is 4.14. The number of para-hydroxylation sites is 1. The van der Waals surface area contributed by atoms with Crippen molar-refractivity contribution in [2.75, 3.05) is 39.8 Å². The van der Waals surface area contributed by atoms with Crippen LogP contribution in [0.4, 0.5) is 0 Å². The Hall–Kier alpha value is -1.02. The van der Waals surface area contributed by atoms with Crippen LogP contribution >= 0.6 is 24.0 Å². The highest BCUT2D eigenvalue weighted by Gasteiger charge is 2.22. The molecule has 0 aliphatic carbocycles. The van der Waals surface area contributed by atoms with Crippen LogP contribution in [-0.4, -0.2) is 56.7 Å². The highest BCUT2D eigenvalue weighted by Crippen LogP contribution is 2.27. The van der Waals surface area contributed by atoms with Gasteiger partial charge in [-0.15, -0.1) is 24.0 Å². The van der Waals surface area contributed by atoms with E-state index in [1.54, 1.807) is 0 Å². The molecule has 0 saturated carbocycles. The Bertz CT molecular complexity index is 485. The highest BCUT2D eigenvalue weighted by atomic mass is 127. The zero-order valence-electron chi connectivity index (χ0n) is 15.0. The molecule has 1 heterocycles. The topological polar surface area (TPSA) is 48.9 Å². The van der Waals surface area contributed by atoms with E-state index >= 15 is 0 Å². The van der Waals surface area contributed by atoms with E-state index in [0.29, 0.717) is 0 Å². The van der Waals surface area contributed by atoms with E-state index in [1.807, 2.05) is 19.2 Å². The molecule has 1 aliphatic rings. The van der Waals surface area contributed by atoms with E-state index < -0.39 is 0 Å². The molecule has 0 aromatic heterocycles. The number of benzene rings is 1. The zero-order valence-corrected chi connectivity index (χ0v) is 17.4. The summed E-state index contributed by atoms with van der Waals surface area (Å²) in [5, 5.41) is 6.74. The van der Waals surface area contributed by atoms with Gasteiger partial charge >= 0.3 is 0 Å². The van der Waals surface area contributed by atoms with Gasteiger partial charge < -0.3 is 20.3 Å². The maximum absolute atomic E-state index is 5.94. The second-order valence-electron chi connectivity index (χ2n) is 5.87. The Morgan fingerprint density at radius 3 is 2.71 bits per heavy atom. The van der Waals surface area contributed by atoms with Crippen molar-refractivity contribution in [1.29, 1.82) is 0 Å². The number of guanidine groups is 1. The predicted octanol–water partition coefficient (Wildman–Crippen LogP) is 2.51. The van der Waals surface area contributed by atoms with E-state index in [2.05, 4.69) is 46.5 Å². The lowest BCUT2D eigenvalue weighted by Crippen LogP contribution is -2.44. The number of hydrogen-bond acceptors (Lipinski definition) is 3. The predicted molar refractivity (Wildman–Crippen MR) is 112 cm³/mol. The lowest BCUT2D eigenvalue weighted by molar-refractivity contribution is 0.234. The molecular weight excluding hydrogens is 415 g/mol. The molecule has 0 spiro atoms. The summed E-state index contributed by atoms with van der Waals surface area (Å²) in [6, 6.07) is 8.25. The number of nitrogens with one attached hydrogen (secondary N) is 2. The van der Waals surface area contributed by atoms with Gasteiger partial charge in [0.2, 0.25) is 0 Å². The van der Waals surface area contributed by atoms with Crippen LogP contribution in [0.15, 0.2) is 29.3 Å². The van der Waals surface area contributed by atoms with Crippen LogP contribution in [0.25, 0.3) is 0 Å². The fourth-order valence-corrected chi connectivity index (χ4v) is 2.88. The molecule has 1 aromatic carbocycles. The molecule has 1 aliphatic heterocycles. The smallest absolute Gasteiger partial charge is 0.191 e. The molecule has 2 rings (SSSR count). The maximum atomic E-state index is 5.94. The molecule has 6 heteroatoms. The number of hydrogen-bond donors (Lipinski definition) is 2. The molecule has 0 saturated heterocycles. The molecular formula is C18H31IN4O. The van der Waals surface area contributed by atoms with Crippen LogP contribution in [0, 0.1) is 0 Å². The fourth-order valence-electron chi connectivity index (χ4n) is 2.88. The van der Waals surface area contributed by atoms with Crippen molar-refractivity contribution in [3.8, 4) is 5.75 Å². The molecule has 1 aromatic rings. The van der Waals surface area contributed by atoms with E-state index in [0.717, 1.165) is 50.9 Å². The van der Waals surface area contributed by atoms with Crippen molar-refractivity contribution in [1.82, 2.24) is 15.5 Å². The number of rotatable bonds is 8. The van der Waals surface area contributed by atoms with Crippen LogP contribution in [-0.2, 0) is 6.42 Å². The van der Waals surface area contributed by atoms with E-state index in [-0.39, 0.29) is 30.1 Å². The number of fused-ring (bicyclic) bond motifs is 1. The van der Waals surface area contributed by atoms with E-state index in [4.69, 9.17) is 4.74 Å². The van der Waals surface area contributed by atoms with E-state index in [9.17, 15) is 0 Å².